The molecular weight excluding hydrogens is 398 g/mol. The molecule has 2 atom stereocenters. The first-order valence-corrected chi connectivity index (χ1v) is 12.4. The fraction of sp³-hybridized carbons (Fsp3) is 0.435. The lowest BCUT2D eigenvalue weighted by Crippen LogP contribution is -2.47. The highest BCUT2D eigenvalue weighted by atomic mass is 32.2. The summed E-state index contributed by atoms with van der Waals surface area (Å²) in [5.74, 6) is 0.180. The molecule has 1 fully saturated rings. The fourth-order valence-electron chi connectivity index (χ4n) is 4.66. The number of likely N-dealkylation sites (N-methyl/N-ethyl adjacent to an activating group) is 1. The molecule has 1 aliphatic heterocycles. The second-order valence-electron chi connectivity index (χ2n) is 8.04. The van der Waals surface area contributed by atoms with Crippen LogP contribution in [-0.2, 0) is 21.2 Å². The van der Waals surface area contributed by atoms with Gasteiger partial charge in [0.05, 0.1) is 11.5 Å². The van der Waals surface area contributed by atoms with Crippen LogP contribution in [0.15, 0.2) is 42.5 Å². The number of anilines is 1. The molecule has 4 rings (SSSR count). The van der Waals surface area contributed by atoms with Crippen LogP contribution in [0.2, 0.25) is 0 Å². The predicted molar refractivity (Wildman–Crippen MR) is 123 cm³/mol. The van der Waals surface area contributed by atoms with Crippen molar-refractivity contribution in [2.75, 3.05) is 23.4 Å². The van der Waals surface area contributed by atoms with Gasteiger partial charge in [0.2, 0.25) is 5.91 Å². The zero-order valence-corrected chi connectivity index (χ0v) is 18.6. The predicted octanol–water partition coefficient (Wildman–Crippen LogP) is 3.65. The smallest absolute Gasteiger partial charge is 0.245 e. The number of nitrogens with zero attached hydrogens (tertiary/aromatic N) is 2. The number of nitrogens with one attached hydrogen (secondary N) is 1. The highest BCUT2D eigenvalue weighted by molar-refractivity contribution is 7.91. The summed E-state index contributed by atoms with van der Waals surface area (Å²) >= 11 is 0. The minimum Gasteiger partial charge on any atom is -0.374 e. The van der Waals surface area contributed by atoms with Crippen molar-refractivity contribution in [3.8, 4) is 0 Å². The van der Waals surface area contributed by atoms with Gasteiger partial charge in [0.25, 0.3) is 0 Å². The number of aryl methyl sites for hydroxylation is 1. The Bertz CT molecular complexity index is 1200. The van der Waals surface area contributed by atoms with Gasteiger partial charge in [-0.2, -0.15) is 0 Å². The molecule has 0 spiro atoms. The minimum absolute atomic E-state index is 0.0596. The first-order chi connectivity index (χ1) is 14.3. The van der Waals surface area contributed by atoms with Crippen molar-refractivity contribution >= 4 is 43.2 Å². The number of benzene rings is 2. The molecule has 1 N–H and O–H groups in total. The fourth-order valence-corrected chi connectivity index (χ4v) is 6.39. The van der Waals surface area contributed by atoms with Crippen LogP contribution in [0.25, 0.3) is 21.8 Å². The van der Waals surface area contributed by atoms with Gasteiger partial charge in [0.1, 0.15) is 6.04 Å². The highest BCUT2D eigenvalue weighted by Gasteiger charge is 2.35. The molecular formula is C23H29N3O3S. The maximum atomic E-state index is 13.1. The Balaban J connectivity index is 1.59. The van der Waals surface area contributed by atoms with Crippen LogP contribution in [0.1, 0.15) is 27.2 Å². The van der Waals surface area contributed by atoms with Gasteiger partial charge in [0.15, 0.2) is 9.84 Å². The Morgan fingerprint density at radius 3 is 2.57 bits per heavy atom. The zero-order valence-electron chi connectivity index (χ0n) is 17.8. The van der Waals surface area contributed by atoms with Crippen molar-refractivity contribution in [2.45, 2.75) is 45.8 Å². The van der Waals surface area contributed by atoms with Crippen LogP contribution in [0.3, 0.4) is 0 Å². The number of sulfone groups is 1. The van der Waals surface area contributed by atoms with Crippen molar-refractivity contribution in [3.63, 3.8) is 0 Å². The van der Waals surface area contributed by atoms with Gasteiger partial charge in [0, 0.05) is 46.6 Å². The number of aromatic nitrogens is 1. The summed E-state index contributed by atoms with van der Waals surface area (Å²) in [7, 11) is -3.03. The molecule has 0 unspecified atom stereocenters. The van der Waals surface area contributed by atoms with Crippen molar-refractivity contribution < 1.29 is 13.2 Å². The Hall–Kier alpha value is -2.54. The largest absolute Gasteiger partial charge is 0.374 e. The summed E-state index contributed by atoms with van der Waals surface area (Å²) < 4.78 is 26.0. The van der Waals surface area contributed by atoms with Crippen LogP contribution in [-0.4, -0.2) is 53.9 Å². The van der Waals surface area contributed by atoms with Crippen LogP contribution in [0.4, 0.5) is 5.69 Å². The summed E-state index contributed by atoms with van der Waals surface area (Å²) in [4.78, 5) is 14.8. The number of hydrogen-bond donors (Lipinski definition) is 1. The number of amides is 1. The summed E-state index contributed by atoms with van der Waals surface area (Å²) in [5.41, 5.74) is 3.27. The van der Waals surface area contributed by atoms with E-state index in [9.17, 15) is 13.2 Å². The lowest BCUT2D eigenvalue weighted by atomic mass is 10.1. The number of carbonyl (C=O) groups excluding carboxylic acids is 1. The Morgan fingerprint density at radius 1 is 1.17 bits per heavy atom. The first-order valence-electron chi connectivity index (χ1n) is 10.6. The van der Waals surface area contributed by atoms with Gasteiger partial charge in [-0.1, -0.05) is 18.2 Å². The Morgan fingerprint density at radius 2 is 1.90 bits per heavy atom. The minimum atomic E-state index is -3.03. The van der Waals surface area contributed by atoms with E-state index in [0.717, 1.165) is 17.6 Å². The van der Waals surface area contributed by atoms with Gasteiger partial charge in [-0.3, -0.25) is 4.79 Å². The van der Waals surface area contributed by atoms with E-state index in [1.165, 1.54) is 16.4 Å². The first kappa shape index (κ1) is 20.7. The number of fused-ring (bicyclic) bond motifs is 3. The normalized spacial score (nSPS) is 19.2. The molecule has 3 aromatic rings. The van der Waals surface area contributed by atoms with Crippen LogP contribution >= 0.6 is 0 Å². The molecule has 6 nitrogen and oxygen atoms in total. The average molecular weight is 428 g/mol. The topological polar surface area (TPSA) is 71.4 Å². The molecule has 1 aliphatic rings. The van der Waals surface area contributed by atoms with Gasteiger partial charge in [-0.25, -0.2) is 8.42 Å². The average Bonchev–Trinajstić information content (AvgIpc) is 3.25. The molecule has 160 valence electrons. The third-order valence-electron chi connectivity index (χ3n) is 6.12. The molecule has 0 saturated carbocycles. The third-order valence-corrected chi connectivity index (χ3v) is 7.87. The number of rotatable bonds is 6. The van der Waals surface area contributed by atoms with Gasteiger partial charge in [-0.05, 0) is 51.5 Å². The van der Waals surface area contributed by atoms with E-state index in [-0.39, 0.29) is 23.5 Å². The number of para-hydroxylation sites is 1. The molecule has 1 aromatic heterocycles. The molecule has 30 heavy (non-hydrogen) atoms. The summed E-state index contributed by atoms with van der Waals surface area (Å²) in [6.45, 7) is 7.28. The van der Waals surface area contributed by atoms with E-state index in [0.29, 0.717) is 13.0 Å². The van der Waals surface area contributed by atoms with Crippen molar-refractivity contribution in [3.05, 3.63) is 42.5 Å². The van der Waals surface area contributed by atoms with Gasteiger partial charge < -0.3 is 14.8 Å². The van der Waals surface area contributed by atoms with Gasteiger partial charge in [-0.15, -0.1) is 0 Å². The lowest BCUT2D eigenvalue weighted by molar-refractivity contribution is -0.133. The molecule has 7 heteroatoms. The molecule has 1 amide bonds. The molecule has 2 heterocycles. The van der Waals surface area contributed by atoms with Crippen LogP contribution in [0, 0.1) is 0 Å². The second-order valence-corrected chi connectivity index (χ2v) is 10.3. The highest BCUT2D eigenvalue weighted by Crippen LogP contribution is 2.31. The molecule has 0 radical (unpaired) electrons. The molecule has 2 aromatic carbocycles. The Labute approximate surface area is 177 Å². The standard InChI is InChI=1S/C23H29N3O3S/c1-4-25(18-12-13-30(28,29)15-18)23(27)16(3)24-17-10-11-22-20(14-17)19-8-6-7-9-21(19)26(22)5-2/h6-11,14,16,18,24H,4-5,12-13,15H2,1-3H3/t16-,18-/m0/s1. The Kier molecular flexibility index (Phi) is 5.49. The zero-order chi connectivity index (χ0) is 21.5. The summed E-state index contributed by atoms with van der Waals surface area (Å²) in [6, 6.07) is 13.9. The van der Waals surface area contributed by atoms with E-state index in [4.69, 9.17) is 0 Å². The van der Waals surface area contributed by atoms with E-state index < -0.39 is 15.9 Å². The molecule has 0 aliphatic carbocycles. The second kappa shape index (κ2) is 7.95. The van der Waals surface area contributed by atoms with E-state index in [1.54, 1.807) is 4.90 Å². The molecule has 1 saturated heterocycles. The number of hydrogen-bond acceptors (Lipinski definition) is 4. The van der Waals surface area contributed by atoms with E-state index in [1.807, 2.05) is 26.0 Å². The van der Waals surface area contributed by atoms with Crippen LogP contribution in [0.5, 0.6) is 0 Å². The molecule has 0 bridgehead atoms. The third kappa shape index (κ3) is 3.67. The van der Waals surface area contributed by atoms with Gasteiger partial charge >= 0.3 is 0 Å². The quantitative estimate of drug-likeness (QED) is 0.652. The van der Waals surface area contributed by atoms with E-state index >= 15 is 0 Å². The van der Waals surface area contributed by atoms with E-state index in [2.05, 4.69) is 47.1 Å². The van der Waals surface area contributed by atoms with Crippen molar-refractivity contribution in [1.29, 1.82) is 0 Å². The number of carbonyl (C=O) groups is 1. The lowest BCUT2D eigenvalue weighted by Gasteiger charge is -2.30. The van der Waals surface area contributed by atoms with Crippen LogP contribution < -0.4 is 5.32 Å². The summed E-state index contributed by atoms with van der Waals surface area (Å²) in [5, 5.41) is 5.69. The monoisotopic (exact) mass is 427 g/mol. The van der Waals surface area contributed by atoms with Crippen molar-refractivity contribution in [1.82, 2.24) is 9.47 Å². The SMILES string of the molecule is CCN(C(=O)[C@H](C)Nc1ccc2c(c1)c1ccccc1n2CC)[C@H]1CCS(=O)(=O)C1. The maximum absolute atomic E-state index is 13.1. The summed E-state index contributed by atoms with van der Waals surface area (Å²) in [6.07, 6.45) is 0.525. The maximum Gasteiger partial charge on any atom is 0.245 e. The van der Waals surface area contributed by atoms with Crippen molar-refractivity contribution in [2.24, 2.45) is 0 Å².